The Kier molecular flexibility index (Phi) is 3.71. The van der Waals surface area contributed by atoms with Crippen LogP contribution < -0.4 is 14.2 Å². The molecule has 1 aliphatic heterocycles. The van der Waals surface area contributed by atoms with Crippen LogP contribution in [0.25, 0.3) is 0 Å². The minimum Gasteiger partial charge on any atom is -0.493 e. The summed E-state index contributed by atoms with van der Waals surface area (Å²) in [5, 5.41) is 10.4. The number of aliphatic hydroxyl groups is 1. The van der Waals surface area contributed by atoms with E-state index in [0.29, 0.717) is 17.9 Å². The van der Waals surface area contributed by atoms with Crippen LogP contribution in [0, 0.1) is 0 Å². The van der Waals surface area contributed by atoms with Crippen molar-refractivity contribution in [2.24, 2.45) is 0 Å². The SMILES string of the molecule is COc1ccc2c(c1OC)CC(O)C(c1ccccc1)O2. The minimum atomic E-state index is -0.624. The quantitative estimate of drug-likeness (QED) is 0.942. The Labute approximate surface area is 123 Å². The van der Waals surface area contributed by atoms with Crippen molar-refractivity contribution in [2.45, 2.75) is 18.6 Å². The Morgan fingerprint density at radius 1 is 1.05 bits per heavy atom. The van der Waals surface area contributed by atoms with Gasteiger partial charge < -0.3 is 19.3 Å². The Morgan fingerprint density at radius 2 is 1.81 bits per heavy atom. The van der Waals surface area contributed by atoms with Crippen LogP contribution >= 0.6 is 0 Å². The van der Waals surface area contributed by atoms with E-state index < -0.39 is 6.10 Å². The molecule has 4 nitrogen and oxygen atoms in total. The van der Waals surface area contributed by atoms with E-state index >= 15 is 0 Å². The predicted octanol–water partition coefficient (Wildman–Crippen LogP) is 2.74. The van der Waals surface area contributed by atoms with Crippen LogP contribution in [-0.2, 0) is 6.42 Å². The number of rotatable bonds is 3. The molecule has 4 heteroatoms. The molecule has 0 aliphatic carbocycles. The highest BCUT2D eigenvalue weighted by Gasteiger charge is 2.32. The monoisotopic (exact) mass is 286 g/mol. The maximum Gasteiger partial charge on any atom is 0.167 e. The van der Waals surface area contributed by atoms with Crippen molar-refractivity contribution < 1.29 is 19.3 Å². The third kappa shape index (κ3) is 2.43. The Balaban J connectivity index is 1.99. The van der Waals surface area contributed by atoms with Crippen LogP contribution in [0.15, 0.2) is 42.5 Å². The molecule has 2 aromatic carbocycles. The molecule has 1 N–H and O–H groups in total. The van der Waals surface area contributed by atoms with Crippen molar-refractivity contribution in [1.82, 2.24) is 0 Å². The van der Waals surface area contributed by atoms with Crippen molar-refractivity contribution in [3.05, 3.63) is 53.6 Å². The van der Waals surface area contributed by atoms with Gasteiger partial charge in [0.05, 0.1) is 20.3 Å². The highest BCUT2D eigenvalue weighted by Crippen LogP contribution is 2.43. The van der Waals surface area contributed by atoms with Gasteiger partial charge in [0, 0.05) is 12.0 Å². The molecule has 2 unspecified atom stereocenters. The van der Waals surface area contributed by atoms with E-state index in [1.807, 2.05) is 42.5 Å². The molecular formula is C17H18O4. The molecule has 0 fully saturated rings. The van der Waals surface area contributed by atoms with Crippen molar-refractivity contribution in [3.63, 3.8) is 0 Å². The van der Waals surface area contributed by atoms with Crippen LogP contribution in [0.1, 0.15) is 17.2 Å². The lowest BCUT2D eigenvalue weighted by molar-refractivity contribution is 0.0198. The van der Waals surface area contributed by atoms with Crippen LogP contribution in [0.5, 0.6) is 17.2 Å². The maximum atomic E-state index is 10.4. The van der Waals surface area contributed by atoms with Crippen molar-refractivity contribution in [3.8, 4) is 17.2 Å². The smallest absolute Gasteiger partial charge is 0.167 e. The second kappa shape index (κ2) is 5.66. The Hall–Kier alpha value is -2.20. The summed E-state index contributed by atoms with van der Waals surface area (Å²) in [6.07, 6.45) is -0.521. The normalized spacial score (nSPS) is 20.3. The van der Waals surface area contributed by atoms with Crippen molar-refractivity contribution in [2.75, 3.05) is 14.2 Å². The topological polar surface area (TPSA) is 47.9 Å². The molecule has 3 rings (SSSR count). The summed E-state index contributed by atoms with van der Waals surface area (Å²) < 4.78 is 16.7. The average Bonchev–Trinajstić information content (AvgIpc) is 2.54. The van der Waals surface area contributed by atoms with Gasteiger partial charge in [-0.15, -0.1) is 0 Å². The highest BCUT2D eigenvalue weighted by atomic mass is 16.5. The third-order valence-corrected chi connectivity index (χ3v) is 3.75. The molecule has 110 valence electrons. The molecule has 21 heavy (non-hydrogen) atoms. The zero-order chi connectivity index (χ0) is 14.8. The van der Waals surface area contributed by atoms with Crippen LogP contribution in [0.4, 0.5) is 0 Å². The van der Waals surface area contributed by atoms with Crippen molar-refractivity contribution in [1.29, 1.82) is 0 Å². The number of aliphatic hydroxyl groups excluding tert-OH is 1. The lowest BCUT2D eigenvalue weighted by Gasteiger charge is -2.32. The standard InChI is InChI=1S/C17H18O4/c1-19-15-9-8-14-12(17(15)20-2)10-13(18)16(21-14)11-6-4-3-5-7-11/h3-9,13,16,18H,10H2,1-2H3. The van der Waals surface area contributed by atoms with E-state index in [4.69, 9.17) is 14.2 Å². The molecule has 2 atom stereocenters. The van der Waals surface area contributed by atoms with E-state index in [0.717, 1.165) is 16.9 Å². The molecule has 1 aliphatic rings. The van der Waals surface area contributed by atoms with Gasteiger partial charge in [-0.1, -0.05) is 30.3 Å². The summed E-state index contributed by atoms with van der Waals surface area (Å²) in [6, 6.07) is 13.4. The number of methoxy groups -OCH3 is 2. The van der Waals surface area contributed by atoms with Crippen LogP contribution in [-0.4, -0.2) is 25.4 Å². The average molecular weight is 286 g/mol. The van der Waals surface area contributed by atoms with E-state index in [1.165, 1.54) is 0 Å². The number of hydrogen-bond donors (Lipinski definition) is 1. The number of benzene rings is 2. The number of ether oxygens (including phenoxy) is 3. The fraction of sp³-hybridized carbons (Fsp3) is 0.294. The third-order valence-electron chi connectivity index (χ3n) is 3.75. The van der Waals surface area contributed by atoms with Gasteiger partial charge in [0.1, 0.15) is 11.9 Å². The molecule has 0 aromatic heterocycles. The van der Waals surface area contributed by atoms with Gasteiger partial charge in [-0.3, -0.25) is 0 Å². The Bertz CT molecular complexity index is 624. The first-order valence-corrected chi connectivity index (χ1v) is 6.88. The summed E-state index contributed by atoms with van der Waals surface area (Å²) in [5.41, 5.74) is 1.81. The van der Waals surface area contributed by atoms with Gasteiger partial charge in [-0.25, -0.2) is 0 Å². The van der Waals surface area contributed by atoms with Crippen LogP contribution in [0.2, 0.25) is 0 Å². The number of fused-ring (bicyclic) bond motifs is 1. The lowest BCUT2D eigenvalue weighted by Crippen LogP contribution is -2.30. The predicted molar refractivity (Wildman–Crippen MR) is 79.1 cm³/mol. The highest BCUT2D eigenvalue weighted by molar-refractivity contribution is 5.55. The van der Waals surface area contributed by atoms with Gasteiger partial charge >= 0.3 is 0 Å². The van der Waals surface area contributed by atoms with E-state index in [1.54, 1.807) is 14.2 Å². The van der Waals surface area contributed by atoms with Gasteiger partial charge in [-0.05, 0) is 17.7 Å². The first-order valence-electron chi connectivity index (χ1n) is 6.88. The summed E-state index contributed by atoms with van der Waals surface area (Å²) in [5.74, 6) is 2.00. The van der Waals surface area contributed by atoms with E-state index in [-0.39, 0.29) is 6.10 Å². The first kappa shape index (κ1) is 13.8. The number of hydrogen-bond acceptors (Lipinski definition) is 4. The summed E-state index contributed by atoms with van der Waals surface area (Å²) >= 11 is 0. The largest absolute Gasteiger partial charge is 0.493 e. The fourth-order valence-corrected chi connectivity index (χ4v) is 2.74. The lowest BCUT2D eigenvalue weighted by atomic mass is 9.94. The van der Waals surface area contributed by atoms with Crippen LogP contribution in [0.3, 0.4) is 0 Å². The minimum absolute atomic E-state index is 0.364. The second-order valence-electron chi connectivity index (χ2n) is 5.00. The molecule has 2 aromatic rings. The molecule has 0 bridgehead atoms. The zero-order valence-corrected chi connectivity index (χ0v) is 12.1. The Morgan fingerprint density at radius 3 is 2.48 bits per heavy atom. The first-order chi connectivity index (χ1) is 10.2. The van der Waals surface area contributed by atoms with Crippen molar-refractivity contribution >= 4 is 0 Å². The summed E-state index contributed by atoms with van der Waals surface area (Å²) in [6.45, 7) is 0. The summed E-state index contributed by atoms with van der Waals surface area (Å²) in [7, 11) is 3.19. The molecule has 0 saturated heterocycles. The molecule has 0 radical (unpaired) electrons. The molecule has 0 amide bonds. The zero-order valence-electron chi connectivity index (χ0n) is 12.1. The maximum absolute atomic E-state index is 10.4. The second-order valence-corrected chi connectivity index (χ2v) is 5.00. The molecule has 0 spiro atoms. The van der Waals surface area contributed by atoms with Gasteiger partial charge in [0.25, 0.3) is 0 Å². The van der Waals surface area contributed by atoms with E-state index in [9.17, 15) is 5.11 Å². The molecule has 0 saturated carbocycles. The summed E-state index contributed by atoms with van der Waals surface area (Å²) in [4.78, 5) is 0. The molecular weight excluding hydrogens is 268 g/mol. The van der Waals surface area contributed by atoms with Gasteiger partial charge in [0.15, 0.2) is 11.5 Å². The van der Waals surface area contributed by atoms with E-state index in [2.05, 4.69) is 0 Å². The fourth-order valence-electron chi connectivity index (χ4n) is 2.74. The van der Waals surface area contributed by atoms with Gasteiger partial charge in [-0.2, -0.15) is 0 Å². The van der Waals surface area contributed by atoms with Gasteiger partial charge in [0.2, 0.25) is 0 Å². The molecule has 1 heterocycles.